The van der Waals surface area contributed by atoms with E-state index in [1.165, 1.54) is 12.4 Å². The van der Waals surface area contributed by atoms with Gasteiger partial charge in [-0.2, -0.15) is 5.10 Å². The molecular formula is C37H37N9O4. The van der Waals surface area contributed by atoms with Crippen LogP contribution in [0.1, 0.15) is 43.3 Å². The lowest BCUT2D eigenvalue weighted by atomic mass is 9.92. The number of amides is 3. The second-order valence-electron chi connectivity index (χ2n) is 12.7. The largest absolute Gasteiger partial charge is 0.488 e. The predicted octanol–water partition coefficient (Wildman–Crippen LogP) is 7.55. The van der Waals surface area contributed by atoms with E-state index in [0.29, 0.717) is 34.6 Å². The Hall–Kier alpha value is -6.50. The van der Waals surface area contributed by atoms with Gasteiger partial charge >= 0.3 is 12.1 Å². The van der Waals surface area contributed by atoms with Crippen LogP contribution in [0.15, 0.2) is 97.5 Å². The van der Waals surface area contributed by atoms with Gasteiger partial charge in [-0.25, -0.2) is 24.2 Å². The van der Waals surface area contributed by atoms with E-state index in [1.807, 2.05) is 85.8 Å². The highest BCUT2D eigenvalue weighted by molar-refractivity contribution is 6.07. The minimum Gasteiger partial charge on any atom is -0.488 e. The molecule has 50 heavy (non-hydrogen) atoms. The second-order valence-corrected chi connectivity index (χ2v) is 12.7. The summed E-state index contributed by atoms with van der Waals surface area (Å²) in [5.41, 5.74) is 4.60. The zero-order valence-electron chi connectivity index (χ0n) is 28.1. The number of rotatable bonds is 10. The van der Waals surface area contributed by atoms with E-state index in [1.54, 1.807) is 10.9 Å². The minimum atomic E-state index is -1.13. The Morgan fingerprint density at radius 3 is 2.36 bits per heavy atom. The van der Waals surface area contributed by atoms with Crippen LogP contribution in [0.4, 0.5) is 32.7 Å². The van der Waals surface area contributed by atoms with E-state index in [2.05, 4.69) is 57.0 Å². The van der Waals surface area contributed by atoms with Gasteiger partial charge < -0.3 is 25.8 Å². The lowest BCUT2D eigenvalue weighted by Crippen LogP contribution is -2.21. The number of carbonyl (C=O) groups is 2. The van der Waals surface area contributed by atoms with Crippen LogP contribution in [-0.4, -0.2) is 42.0 Å². The first kappa shape index (κ1) is 33.4. The third-order valence-electron chi connectivity index (χ3n) is 7.73. The number of ether oxygens (including phenoxy) is 1. The number of pyridine rings is 1. The molecule has 3 aromatic carbocycles. The van der Waals surface area contributed by atoms with Crippen LogP contribution in [0.25, 0.3) is 16.5 Å². The van der Waals surface area contributed by atoms with Gasteiger partial charge in [-0.1, -0.05) is 62.7 Å². The van der Waals surface area contributed by atoms with E-state index in [9.17, 15) is 9.59 Å². The molecule has 0 aliphatic carbocycles. The number of aryl methyl sites for hydroxylation is 1. The van der Waals surface area contributed by atoms with Gasteiger partial charge in [0, 0.05) is 28.5 Å². The van der Waals surface area contributed by atoms with Gasteiger partial charge in [0.2, 0.25) is 0 Å². The number of nitrogens with zero attached hydrogens (tertiary/aromatic N) is 5. The zero-order valence-corrected chi connectivity index (χ0v) is 28.1. The fraction of sp³-hybridized carbons (Fsp3) is 0.189. The van der Waals surface area contributed by atoms with Gasteiger partial charge in [0.15, 0.2) is 0 Å². The molecule has 5 N–H and O–H groups in total. The molecule has 13 nitrogen and oxygen atoms in total. The number of hydrogen-bond donors (Lipinski definition) is 5. The van der Waals surface area contributed by atoms with Crippen molar-refractivity contribution < 1.29 is 19.4 Å². The summed E-state index contributed by atoms with van der Waals surface area (Å²) in [5, 5.41) is 26.6. The predicted molar refractivity (Wildman–Crippen MR) is 192 cm³/mol. The first-order chi connectivity index (χ1) is 24.0. The lowest BCUT2D eigenvalue weighted by Gasteiger charge is -2.15. The highest BCUT2D eigenvalue weighted by Gasteiger charge is 2.22. The first-order valence-electron chi connectivity index (χ1n) is 15.9. The Bertz CT molecular complexity index is 2140. The molecular weight excluding hydrogens is 634 g/mol. The molecule has 0 spiro atoms. The van der Waals surface area contributed by atoms with Crippen molar-refractivity contribution in [1.29, 1.82) is 0 Å². The smallest absolute Gasteiger partial charge is 0.404 e. The van der Waals surface area contributed by atoms with E-state index < -0.39 is 12.1 Å². The molecule has 13 heteroatoms. The molecule has 0 fully saturated rings. The first-order valence-corrected chi connectivity index (χ1v) is 15.9. The summed E-state index contributed by atoms with van der Waals surface area (Å²) < 4.78 is 8.01. The molecule has 0 aliphatic rings. The van der Waals surface area contributed by atoms with Crippen LogP contribution >= 0.6 is 0 Å². The molecule has 0 atom stereocenters. The highest BCUT2D eigenvalue weighted by atomic mass is 16.5. The van der Waals surface area contributed by atoms with Crippen molar-refractivity contribution in [2.24, 2.45) is 0 Å². The quantitative estimate of drug-likeness (QED) is 0.0987. The molecule has 0 bridgehead atoms. The Morgan fingerprint density at radius 2 is 1.64 bits per heavy atom. The molecule has 0 saturated heterocycles. The second kappa shape index (κ2) is 14.3. The van der Waals surface area contributed by atoms with Gasteiger partial charge in [-0.05, 0) is 48.9 Å². The number of carbonyl (C=O) groups excluding carboxylic acids is 1. The Labute approximate surface area is 288 Å². The Kier molecular flexibility index (Phi) is 9.57. The highest BCUT2D eigenvalue weighted by Crippen LogP contribution is 2.33. The van der Waals surface area contributed by atoms with Crippen molar-refractivity contribution in [1.82, 2.24) is 30.0 Å². The summed E-state index contributed by atoms with van der Waals surface area (Å²) in [5.74, 6) is 2.22. The maximum atomic E-state index is 13.4. The summed E-state index contributed by atoms with van der Waals surface area (Å²) in [6, 6.07) is 24.6. The molecule has 3 amide bonds. The summed E-state index contributed by atoms with van der Waals surface area (Å²) in [7, 11) is 0. The standard InChI is InChI=1S/C37H37N9O4/c1-23-9-11-26(12-10-23)46-34(18-31(45-46)37(2,3)4)44-35(47)42-29-13-14-30(28-8-6-5-7-27(28)29)50-22-24-15-16-38-32(17-24)43-33-21-39-25(19-40-33)20-41-36(48)49/h5-19,21,41H,20,22H2,1-4H3,(H,48,49)(H,38,40,43)(H2,42,44,47). The number of hydrogen-bond acceptors (Lipinski definition) is 8. The molecule has 0 radical (unpaired) electrons. The van der Waals surface area contributed by atoms with Crippen LogP contribution in [0, 0.1) is 6.92 Å². The zero-order chi connectivity index (χ0) is 35.3. The normalized spacial score (nSPS) is 11.2. The average molecular weight is 672 g/mol. The molecule has 6 rings (SSSR count). The van der Waals surface area contributed by atoms with Crippen molar-refractivity contribution in [3.8, 4) is 11.4 Å². The number of nitrogens with one attached hydrogen (secondary N) is 4. The fourth-order valence-electron chi connectivity index (χ4n) is 5.10. The van der Waals surface area contributed by atoms with Crippen LogP contribution in [0.2, 0.25) is 0 Å². The van der Waals surface area contributed by atoms with Gasteiger partial charge in [0.05, 0.1) is 41.7 Å². The van der Waals surface area contributed by atoms with Gasteiger partial charge in [-0.15, -0.1) is 0 Å². The van der Waals surface area contributed by atoms with Crippen molar-refractivity contribution in [3.05, 3.63) is 120 Å². The SMILES string of the molecule is Cc1ccc(-n2nc(C(C)(C)C)cc2NC(=O)Nc2ccc(OCc3ccnc(Nc4cnc(CNC(=O)O)cn4)c3)c3ccccc23)cc1. The van der Waals surface area contributed by atoms with E-state index in [0.717, 1.165) is 33.3 Å². The van der Waals surface area contributed by atoms with Crippen molar-refractivity contribution in [2.75, 3.05) is 16.0 Å². The molecule has 6 aromatic rings. The maximum Gasteiger partial charge on any atom is 0.404 e. The van der Waals surface area contributed by atoms with Crippen molar-refractivity contribution in [3.63, 3.8) is 0 Å². The number of anilines is 4. The van der Waals surface area contributed by atoms with Crippen LogP contribution in [-0.2, 0) is 18.6 Å². The molecule has 3 heterocycles. The number of benzene rings is 3. The lowest BCUT2D eigenvalue weighted by molar-refractivity contribution is 0.194. The summed E-state index contributed by atoms with van der Waals surface area (Å²) in [4.78, 5) is 37.0. The molecule has 0 saturated carbocycles. The van der Waals surface area contributed by atoms with Crippen LogP contribution < -0.4 is 26.0 Å². The van der Waals surface area contributed by atoms with Gasteiger partial charge in [0.1, 0.15) is 29.8 Å². The minimum absolute atomic E-state index is 0.0615. The van der Waals surface area contributed by atoms with E-state index in [-0.39, 0.29) is 18.6 Å². The Morgan fingerprint density at radius 1 is 0.860 bits per heavy atom. The molecule has 3 aromatic heterocycles. The van der Waals surface area contributed by atoms with E-state index >= 15 is 0 Å². The van der Waals surface area contributed by atoms with Crippen LogP contribution in [0.5, 0.6) is 5.75 Å². The fourth-order valence-corrected chi connectivity index (χ4v) is 5.10. The topological polar surface area (TPSA) is 168 Å². The maximum absolute atomic E-state index is 13.4. The third-order valence-corrected chi connectivity index (χ3v) is 7.73. The van der Waals surface area contributed by atoms with Crippen LogP contribution in [0.3, 0.4) is 0 Å². The number of fused-ring (bicyclic) bond motifs is 1. The van der Waals surface area contributed by atoms with Gasteiger partial charge in [0.25, 0.3) is 0 Å². The number of carboxylic acid groups (broad SMARTS) is 1. The number of urea groups is 1. The van der Waals surface area contributed by atoms with Gasteiger partial charge in [-0.3, -0.25) is 10.3 Å². The number of aromatic nitrogens is 5. The molecule has 254 valence electrons. The third kappa shape index (κ3) is 8.13. The average Bonchev–Trinajstić information content (AvgIpc) is 3.52. The summed E-state index contributed by atoms with van der Waals surface area (Å²) in [6.07, 6.45) is 3.53. The Balaban J connectivity index is 1.14. The summed E-state index contributed by atoms with van der Waals surface area (Å²) in [6.45, 7) is 8.60. The molecule has 0 unspecified atom stereocenters. The summed E-state index contributed by atoms with van der Waals surface area (Å²) >= 11 is 0. The molecule has 0 aliphatic heterocycles. The van der Waals surface area contributed by atoms with Crippen molar-refractivity contribution in [2.45, 2.75) is 46.3 Å². The van der Waals surface area contributed by atoms with Crippen molar-refractivity contribution >= 4 is 46.0 Å². The van der Waals surface area contributed by atoms with E-state index in [4.69, 9.17) is 14.9 Å². The monoisotopic (exact) mass is 671 g/mol.